The van der Waals surface area contributed by atoms with E-state index in [0.29, 0.717) is 13.0 Å². The Hall–Kier alpha value is -1.39. The van der Waals surface area contributed by atoms with E-state index in [1.54, 1.807) is 0 Å². The maximum Gasteiger partial charge on any atom is 0.241 e. The second-order valence-corrected chi connectivity index (χ2v) is 8.91. The van der Waals surface area contributed by atoms with E-state index in [1.165, 1.54) is 5.56 Å². The lowest BCUT2D eigenvalue weighted by Crippen LogP contribution is -2.75. The van der Waals surface area contributed by atoms with Gasteiger partial charge in [0.2, 0.25) is 5.91 Å². The van der Waals surface area contributed by atoms with Gasteiger partial charge in [0.15, 0.2) is 0 Å². The first-order valence-electron chi connectivity index (χ1n) is 9.25. The zero-order chi connectivity index (χ0) is 19.0. The summed E-state index contributed by atoms with van der Waals surface area (Å²) in [5.74, 6) is -0.0964. The Kier molecular flexibility index (Phi) is 5.36. The van der Waals surface area contributed by atoms with Crippen molar-refractivity contribution in [3.8, 4) is 0 Å². The third kappa shape index (κ3) is 3.61. The summed E-state index contributed by atoms with van der Waals surface area (Å²) in [6.07, 6.45) is 0.602. The molecule has 0 heterocycles. The second-order valence-electron chi connectivity index (χ2n) is 8.91. The van der Waals surface area contributed by atoms with Crippen LogP contribution in [0.25, 0.3) is 0 Å². The quantitative estimate of drug-likeness (QED) is 0.854. The van der Waals surface area contributed by atoms with E-state index < -0.39 is 5.54 Å². The van der Waals surface area contributed by atoms with Crippen LogP contribution in [0.3, 0.4) is 0 Å². The highest BCUT2D eigenvalue weighted by atomic mass is 16.5. The molecule has 140 valence electrons. The van der Waals surface area contributed by atoms with Crippen molar-refractivity contribution in [1.29, 1.82) is 0 Å². The zero-order valence-corrected chi connectivity index (χ0v) is 16.8. The lowest BCUT2D eigenvalue weighted by atomic mass is 9.54. The van der Waals surface area contributed by atoms with Gasteiger partial charge in [-0.25, -0.2) is 0 Å². The number of nitrogens with two attached hydrogens (primary N) is 1. The molecule has 0 bridgehead atoms. The van der Waals surface area contributed by atoms with Crippen molar-refractivity contribution in [2.24, 2.45) is 11.1 Å². The van der Waals surface area contributed by atoms with Gasteiger partial charge in [0.25, 0.3) is 0 Å². The lowest BCUT2D eigenvalue weighted by Gasteiger charge is -2.57. The molecule has 3 N–H and O–H groups in total. The fourth-order valence-corrected chi connectivity index (χ4v) is 3.50. The average molecular weight is 347 g/mol. The predicted octanol–water partition coefficient (Wildman–Crippen LogP) is 3.69. The van der Waals surface area contributed by atoms with Crippen LogP contribution in [0.5, 0.6) is 0 Å². The van der Waals surface area contributed by atoms with Crippen LogP contribution in [-0.2, 0) is 14.9 Å². The SMILES string of the molecule is CCOC1CC(N)(C(=O)NC(C)c2ccc(C(C)(C)C)cc2)C1(C)C. The Bertz CT molecular complexity index is 616. The molecule has 1 aromatic carbocycles. The van der Waals surface area contributed by atoms with Crippen molar-refractivity contribution in [3.05, 3.63) is 35.4 Å². The summed E-state index contributed by atoms with van der Waals surface area (Å²) < 4.78 is 5.71. The minimum Gasteiger partial charge on any atom is -0.378 e. The van der Waals surface area contributed by atoms with Crippen LogP contribution in [0.15, 0.2) is 24.3 Å². The Morgan fingerprint density at radius 3 is 2.32 bits per heavy atom. The maximum atomic E-state index is 12.8. The van der Waals surface area contributed by atoms with Crippen molar-refractivity contribution in [3.63, 3.8) is 0 Å². The van der Waals surface area contributed by atoms with Crippen molar-refractivity contribution in [2.45, 2.75) is 78.0 Å². The summed E-state index contributed by atoms with van der Waals surface area (Å²) in [6.45, 7) is 15.2. The molecule has 25 heavy (non-hydrogen) atoms. The van der Waals surface area contributed by atoms with E-state index in [1.807, 2.05) is 27.7 Å². The summed E-state index contributed by atoms with van der Waals surface area (Å²) in [6, 6.07) is 8.36. The molecule has 1 saturated carbocycles. The first kappa shape index (κ1) is 19.9. The highest BCUT2D eigenvalue weighted by molar-refractivity contribution is 5.89. The molecule has 4 nitrogen and oxygen atoms in total. The molecule has 0 aliphatic heterocycles. The molecule has 1 aliphatic rings. The summed E-state index contributed by atoms with van der Waals surface area (Å²) in [5, 5.41) is 3.10. The first-order chi connectivity index (χ1) is 11.4. The number of nitrogens with one attached hydrogen (secondary N) is 1. The zero-order valence-electron chi connectivity index (χ0n) is 16.8. The van der Waals surface area contributed by atoms with Crippen molar-refractivity contribution >= 4 is 5.91 Å². The van der Waals surface area contributed by atoms with Gasteiger partial charge in [0.05, 0.1) is 12.1 Å². The molecule has 1 aliphatic carbocycles. The van der Waals surface area contributed by atoms with Crippen LogP contribution < -0.4 is 11.1 Å². The van der Waals surface area contributed by atoms with E-state index in [0.717, 1.165) is 5.56 Å². The Morgan fingerprint density at radius 1 is 1.32 bits per heavy atom. The van der Waals surface area contributed by atoms with Crippen LogP contribution in [-0.4, -0.2) is 24.2 Å². The lowest BCUT2D eigenvalue weighted by molar-refractivity contribution is -0.171. The average Bonchev–Trinajstić information content (AvgIpc) is 2.53. The highest BCUT2D eigenvalue weighted by Crippen LogP contribution is 2.50. The summed E-state index contributed by atoms with van der Waals surface area (Å²) in [7, 11) is 0. The molecule has 0 aromatic heterocycles. The van der Waals surface area contributed by atoms with Gasteiger partial charge in [-0.15, -0.1) is 0 Å². The van der Waals surface area contributed by atoms with E-state index in [-0.39, 0.29) is 28.9 Å². The third-order valence-electron chi connectivity index (χ3n) is 5.86. The fourth-order valence-electron chi connectivity index (χ4n) is 3.50. The molecule has 0 saturated heterocycles. The van der Waals surface area contributed by atoms with Crippen LogP contribution in [0, 0.1) is 5.41 Å². The van der Waals surface area contributed by atoms with Gasteiger partial charge < -0.3 is 15.8 Å². The molecule has 2 rings (SSSR count). The topological polar surface area (TPSA) is 64.3 Å². The molecule has 3 atom stereocenters. The largest absolute Gasteiger partial charge is 0.378 e. The molecule has 0 spiro atoms. The number of benzene rings is 1. The Labute approximate surface area is 152 Å². The highest BCUT2D eigenvalue weighted by Gasteiger charge is 2.62. The number of carbonyl (C=O) groups excluding carboxylic acids is 1. The molecular formula is C21H34N2O2. The van der Waals surface area contributed by atoms with Gasteiger partial charge in [-0.05, 0) is 30.4 Å². The van der Waals surface area contributed by atoms with Crippen LogP contribution in [0.2, 0.25) is 0 Å². The maximum absolute atomic E-state index is 12.8. The summed E-state index contributed by atoms with van der Waals surface area (Å²) in [4.78, 5) is 12.8. The normalized spacial score (nSPS) is 26.6. The van der Waals surface area contributed by atoms with E-state index in [4.69, 9.17) is 10.5 Å². The van der Waals surface area contributed by atoms with Crippen LogP contribution in [0.4, 0.5) is 0 Å². The number of amides is 1. The molecule has 1 fully saturated rings. The standard InChI is InChI=1S/C21H34N2O2/c1-8-25-17-13-21(22,20(17,6)7)18(24)23-14(2)15-9-11-16(12-10-15)19(3,4)5/h9-12,14,17H,8,13,22H2,1-7H3,(H,23,24). The van der Waals surface area contributed by atoms with E-state index in [2.05, 4.69) is 50.4 Å². The molecule has 3 unspecified atom stereocenters. The molecule has 0 radical (unpaired) electrons. The van der Waals surface area contributed by atoms with Crippen LogP contribution >= 0.6 is 0 Å². The number of hydrogen-bond donors (Lipinski definition) is 2. The van der Waals surface area contributed by atoms with Gasteiger partial charge in [-0.3, -0.25) is 4.79 Å². The molecule has 1 amide bonds. The number of ether oxygens (including phenoxy) is 1. The first-order valence-corrected chi connectivity index (χ1v) is 9.25. The van der Waals surface area contributed by atoms with E-state index in [9.17, 15) is 4.79 Å². The number of rotatable bonds is 5. The number of carbonyl (C=O) groups is 1. The Morgan fingerprint density at radius 2 is 1.88 bits per heavy atom. The monoisotopic (exact) mass is 346 g/mol. The second kappa shape index (κ2) is 6.73. The van der Waals surface area contributed by atoms with E-state index >= 15 is 0 Å². The minimum absolute atomic E-state index is 0.0367. The third-order valence-corrected chi connectivity index (χ3v) is 5.86. The van der Waals surface area contributed by atoms with Gasteiger partial charge in [0, 0.05) is 18.4 Å². The fraction of sp³-hybridized carbons (Fsp3) is 0.667. The van der Waals surface area contributed by atoms with Crippen molar-refractivity contribution in [2.75, 3.05) is 6.61 Å². The minimum atomic E-state index is -0.882. The van der Waals surface area contributed by atoms with Gasteiger partial charge >= 0.3 is 0 Å². The predicted molar refractivity (Wildman–Crippen MR) is 102 cm³/mol. The van der Waals surface area contributed by atoms with Crippen LogP contribution in [0.1, 0.15) is 72.1 Å². The summed E-state index contributed by atoms with van der Waals surface area (Å²) in [5.41, 5.74) is 7.70. The van der Waals surface area contributed by atoms with Gasteiger partial charge in [-0.2, -0.15) is 0 Å². The molecule has 1 aromatic rings. The van der Waals surface area contributed by atoms with Crippen molar-refractivity contribution < 1.29 is 9.53 Å². The molecular weight excluding hydrogens is 312 g/mol. The Balaban J connectivity index is 2.05. The van der Waals surface area contributed by atoms with Crippen molar-refractivity contribution in [1.82, 2.24) is 5.32 Å². The number of hydrogen-bond acceptors (Lipinski definition) is 3. The van der Waals surface area contributed by atoms with Gasteiger partial charge in [0.1, 0.15) is 5.54 Å². The smallest absolute Gasteiger partial charge is 0.241 e. The molecule has 4 heteroatoms. The van der Waals surface area contributed by atoms with Gasteiger partial charge in [-0.1, -0.05) is 58.9 Å². The summed E-state index contributed by atoms with van der Waals surface area (Å²) >= 11 is 0.